The third-order valence-corrected chi connectivity index (χ3v) is 5.16. The minimum atomic E-state index is -0.254. The van der Waals surface area contributed by atoms with Crippen LogP contribution in [0.1, 0.15) is 6.42 Å². The molecule has 1 saturated heterocycles. The summed E-state index contributed by atoms with van der Waals surface area (Å²) in [5, 5.41) is 6.96. The second kappa shape index (κ2) is 8.26. The van der Waals surface area contributed by atoms with Crippen LogP contribution < -0.4 is 20.3 Å². The molecule has 2 aromatic carbocycles. The number of nitrogens with zero attached hydrogens (tertiary/aromatic N) is 2. The molecule has 29 heavy (non-hydrogen) atoms. The smallest absolute Gasteiger partial charge is 0.315 e. The topological polar surface area (TPSA) is 75.6 Å². The van der Waals surface area contributed by atoms with Gasteiger partial charge in [0.05, 0.1) is 13.2 Å². The van der Waals surface area contributed by atoms with Gasteiger partial charge >= 0.3 is 6.03 Å². The molecule has 0 spiro atoms. The lowest BCUT2D eigenvalue weighted by molar-refractivity contribution is -0.117. The Morgan fingerprint density at radius 3 is 2.72 bits per heavy atom. The van der Waals surface area contributed by atoms with E-state index < -0.39 is 0 Å². The fourth-order valence-electron chi connectivity index (χ4n) is 3.68. The number of anilines is 1. The van der Waals surface area contributed by atoms with Crippen LogP contribution in [0.3, 0.4) is 0 Å². The van der Waals surface area contributed by atoms with Crippen LogP contribution in [0.4, 0.5) is 10.5 Å². The first kappa shape index (κ1) is 18.9. The maximum Gasteiger partial charge on any atom is 0.315 e. The van der Waals surface area contributed by atoms with Gasteiger partial charge in [0.15, 0.2) is 0 Å². The molecule has 7 heteroatoms. The number of carbonyl (C=O) groups excluding carboxylic acids is 2. The lowest BCUT2D eigenvalue weighted by atomic mass is 10.2. The summed E-state index contributed by atoms with van der Waals surface area (Å²) in [5.74, 6) is 0.740. The molecule has 2 heterocycles. The number of ether oxygens (including phenoxy) is 1. The Morgan fingerprint density at radius 1 is 1.14 bits per heavy atom. The van der Waals surface area contributed by atoms with Gasteiger partial charge in [0, 0.05) is 43.5 Å². The van der Waals surface area contributed by atoms with Gasteiger partial charge in [0.1, 0.15) is 5.75 Å². The van der Waals surface area contributed by atoms with Crippen LogP contribution in [-0.4, -0.2) is 42.7 Å². The van der Waals surface area contributed by atoms with E-state index in [0.717, 1.165) is 17.0 Å². The molecule has 1 aliphatic rings. The third-order valence-electron chi connectivity index (χ3n) is 5.16. The Morgan fingerprint density at radius 2 is 1.93 bits per heavy atom. The number of urea groups is 1. The zero-order valence-corrected chi connectivity index (χ0v) is 16.3. The number of fused-ring (bicyclic) bond motifs is 1. The van der Waals surface area contributed by atoms with Crippen molar-refractivity contribution in [2.75, 3.05) is 25.1 Å². The van der Waals surface area contributed by atoms with Crippen molar-refractivity contribution < 1.29 is 14.3 Å². The molecule has 0 aliphatic carbocycles. The van der Waals surface area contributed by atoms with E-state index in [1.54, 1.807) is 12.0 Å². The van der Waals surface area contributed by atoms with Gasteiger partial charge in [-0.15, -0.1) is 0 Å². The molecular formula is C22H24N4O3. The first-order valence-corrected chi connectivity index (χ1v) is 9.67. The van der Waals surface area contributed by atoms with E-state index in [1.165, 1.54) is 5.39 Å². The van der Waals surface area contributed by atoms with Crippen molar-refractivity contribution in [1.29, 1.82) is 0 Å². The van der Waals surface area contributed by atoms with E-state index in [0.29, 0.717) is 26.1 Å². The number of hydrogen-bond acceptors (Lipinski definition) is 3. The van der Waals surface area contributed by atoms with Crippen LogP contribution in [0.15, 0.2) is 60.8 Å². The van der Waals surface area contributed by atoms with Crippen molar-refractivity contribution in [3.05, 3.63) is 60.8 Å². The number of nitrogens with one attached hydrogen (secondary N) is 2. The highest BCUT2D eigenvalue weighted by Gasteiger charge is 2.31. The second-order valence-electron chi connectivity index (χ2n) is 7.07. The minimum absolute atomic E-state index is 0.000669. The number of methoxy groups -OCH3 is 1. The predicted molar refractivity (Wildman–Crippen MR) is 112 cm³/mol. The van der Waals surface area contributed by atoms with E-state index in [4.69, 9.17) is 4.74 Å². The Hall–Kier alpha value is -3.48. The quantitative estimate of drug-likeness (QED) is 0.677. The summed E-state index contributed by atoms with van der Waals surface area (Å²) in [6.07, 6.45) is 2.31. The number of amides is 3. The van der Waals surface area contributed by atoms with Crippen molar-refractivity contribution in [2.24, 2.45) is 0 Å². The van der Waals surface area contributed by atoms with E-state index >= 15 is 0 Å². The third kappa shape index (κ3) is 4.18. The molecule has 150 valence electrons. The number of para-hydroxylation sites is 1. The molecule has 7 nitrogen and oxygen atoms in total. The summed E-state index contributed by atoms with van der Waals surface area (Å²) >= 11 is 0. The van der Waals surface area contributed by atoms with Crippen LogP contribution in [0.25, 0.3) is 10.9 Å². The largest absolute Gasteiger partial charge is 0.497 e. The Bertz CT molecular complexity index is 1010. The van der Waals surface area contributed by atoms with Gasteiger partial charge in [0.2, 0.25) is 5.91 Å². The summed E-state index contributed by atoms with van der Waals surface area (Å²) in [6, 6.07) is 17.1. The standard InChI is InChI=1S/C22H24N4O3/c1-29-19-8-6-18(7-9-19)26-15-17(14-21(26)27)24-22(28)23-11-13-25-12-10-16-4-2-3-5-20(16)25/h2-10,12,17H,11,13-15H2,1H3,(H2,23,24,28). The van der Waals surface area contributed by atoms with Gasteiger partial charge in [-0.2, -0.15) is 0 Å². The number of carbonyl (C=O) groups is 2. The summed E-state index contributed by atoms with van der Waals surface area (Å²) in [4.78, 5) is 26.3. The minimum Gasteiger partial charge on any atom is -0.497 e. The van der Waals surface area contributed by atoms with Crippen LogP contribution >= 0.6 is 0 Å². The first-order valence-electron chi connectivity index (χ1n) is 9.67. The molecule has 1 aromatic heterocycles. The maximum absolute atomic E-state index is 12.3. The monoisotopic (exact) mass is 392 g/mol. The summed E-state index contributed by atoms with van der Waals surface area (Å²) in [5.41, 5.74) is 1.95. The van der Waals surface area contributed by atoms with Gasteiger partial charge in [-0.25, -0.2) is 4.79 Å². The second-order valence-corrected chi connectivity index (χ2v) is 7.07. The number of rotatable bonds is 6. The molecule has 3 aromatic rings. The number of benzene rings is 2. The lowest BCUT2D eigenvalue weighted by Crippen LogP contribution is -2.44. The van der Waals surface area contributed by atoms with E-state index in [9.17, 15) is 9.59 Å². The fourth-order valence-corrected chi connectivity index (χ4v) is 3.68. The Balaban J connectivity index is 1.27. The highest BCUT2D eigenvalue weighted by atomic mass is 16.5. The first-order chi connectivity index (χ1) is 14.1. The van der Waals surface area contributed by atoms with Gasteiger partial charge < -0.3 is 24.8 Å². The normalized spacial score (nSPS) is 16.2. The average Bonchev–Trinajstić information content (AvgIpc) is 3.31. The van der Waals surface area contributed by atoms with Gasteiger partial charge in [-0.3, -0.25) is 4.79 Å². The van der Waals surface area contributed by atoms with Crippen molar-refractivity contribution in [2.45, 2.75) is 19.0 Å². The maximum atomic E-state index is 12.3. The molecular weight excluding hydrogens is 368 g/mol. The van der Waals surface area contributed by atoms with E-state index in [-0.39, 0.29) is 18.0 Å². The molecule has 1 aliphatic heterocycles. The zero-order valence-electron chi connectivity index (χ0n) is 16.3. The van der Waals surface area contributed by atoms with Gasteiger partial charge in [0.25, 0.3) is 0 Å². The number of aromatic nitrogens is 1. The SMILES string of the molecule is COc1ccc(N2CC(NC(=O)NCCn3ccc4ccccc43)CC2=O)cc1. The highest BCUT2D eigenvalue weighted by molar-refractivity contribution is 5.96. The van der Waals surface area contributed by atoms with Crippen LogP contribution in [0, 0.1) is 0 Å². The van der Waals surface area contributed by atoms with Crippen molar-refractivity contribution >= 4 is 28.5 Å². The summed E-state index contributed by atoms with van der Waals surface area (Å²) < 4.78 is 7.26. The van der Waals surface area contributed by atoms with Crippen LogP contribution in [0.2, 0.25) is 0 Å². The summed E-state index contributed by atoms with van der Waals surface area (Å²) in [6.45, 7) is 1.65. The van der Waals surface area contributed by atoms with E-state index in [1.807, 2.05) is 42.6 Å². The molecule has 0 radical (unpaired) electrons. The van der Waals surface area contributed by atoms with Crippen molar-refractivity contribution in [1.82, 2.24) is 15.2 Å². The average molecular weight is 392 g/mol. The Kier molecular flexibility index (Phi) is 5.37. The molecule has 1 fully saturated rings. The fraction of sp³-hybridized carbons (Fsp3) is 0.273. The van der Waals surface area contributed by atoms with Gasteiger partial charge in [-0.05, 0) is 41.8 Å². The molecule has 1 atom stereocenters. The molecule has 4 rings (SSSR count). The molecule has 0 bridgehead atoms. The molecule has 3 amide bonds. The van der Waals surface area contributed by atoms with E-state index in [2.05, 4.69) is 33.4 Å². The van der Waals surface area contributed by atoms with Crippen LogP contribution in [0.5, 0.6) is 5.75 Å². The highest BCUT2D eigenvalue weighted by Crippen LogP contribution is 2.24. The summed E-state index contributed by atoms with van der Waals surface area (Å²) in [7, 11) is 1.60. The predicted octanol–water partition coefficient (Wildman–Crippen LogP) is 2.75. The van der Waals surface area contributed by atoms with Crippen molar-refractivity contribution in [3.8, 4) is 5.75 Å². The molecule has 1 unspecified atom stereocenters. The zero-order chi connectivity index (χ0) is 20.2. The Labute approximate surface area is 169 Å². The van der Waals surface area contributed by atoms with Crippen molar-refractivity contribution in [3.63, 3.8) is 0 Å². The lowest BCUT2D eigenvalue weighted by Gasteiger charge is -2.18. The molecule has 0 saturated carbocycles. The van der Waals surface area contributed by atoms with Crippen LogP contribution in [-0.2, 0) is 11.3 Å². The number of hydrogen-bond donors (Lipinski definition) is 2. The van der Waals surface area contributed by atoms with Gasteiger partial charge in [-0.1, -0.05) is 18.2 Å². The molecule has 2 N–H and O–H groups in total.